The SMILES string of the molecule is CCCCOCCCC(=O)N(C)C. The number of rotatable bonds is 7. The van der Waals surface area contributed by atoms with Gasteiger partial charge in [-0.1, -0.05) is 13.3 Å². The maximum atomic E-state index is 11.1. The van der Waals surface area contributed by atoms with Crippen molar-refractivity contribution in [3.63, 3.8) is 0 Å². The second kappa shape index (κ2) is 8.05. The van der Waals surface area contributed by atoms with E-state index in [-0.39, 0.29) is 5.91 Å². The monoisotopic (exact) mass is 187 g/mol. The van der Waals surface area contributed by atoms with E-state index in [1.54, 1.807) is 19.0 Å². The zero-order valence-corrected chi connectivity index (χ0v) is 9.01. The molecule has 0 radical (unpaired) electrons. The van der Waals surface area contributed by atoms with Gasteiger partial charge in [-0.2, -0.15) is 0 Å². The normalized spacial score (nSPS) is 10.1. The predicted molar refractivity (Wildman–Crippen MR) is 53.7 cm³/mol. The van der Waals surface area contributed by atoms with Crippen molar-refractivity contribution in [3.05, 3.63) is 0 Å². The van der Waals surface area contributed by atoms with Gasteiger partial charge in [0.1, 0.15) is 0 Å². The Morgan fingerprint density at radius 1 is 1.23 bits per heavy atom. The van der Waals surface area contributed by atoms with Crippen molar-refractivity contribution < 1.29 is 9.53 Å². The minimum atomic E-state index is 0.180. The summed E-state index contributed by atoms with van der Waals surface area (Å²) in [6, 6.07) is 0. The lowest BCUT2D eigenvalue weighted by atomic mass is 10.3. The van der Waals surface area contributed by atoms with Crippen LogP contribution >= 0.6 is 0 Å². The summed E-state index contributed by atoms with van der Waals surface area (Å²) in [4.78, 5) is 12.7. The van der Waals surface area contributed by atoms with Gasteiger partial charge >= 0.3 is 0 Å². The van der Waals surface area contributed by atoms with Gasteiger partial charge in [0.15, 0.2) is 0 Å². The van der Waals surface area contributed by atoms with Crippen molar-refractivity contribution in [3.8, 4) is 0 Å². The third-order valence-electron chi connectivity index (χ3n) is 1.82. The van der Waals surface area contributed by atoms with E-state index in [1.165, 1.54) is 0 Å². The highest BCUT2D eigenvalue weighted by atomic mass is 16.5. The zero-order valence-electron chi connectivity index (χ0n) is 9.01. The number of hydrogen-bond acceptors (Lipinski definition) is 2. The van der Waals surface area contributed by atoms with Gasteiger partial charge in [-0.3, -0.25) is 4.79 Å². The molecule has 0 aliphatic rings. The van der Waals surface area contributed by atoms with Crippen LogP contribution in [-0.2, 0) is 9.53 Å². The molecular formula is C10H21NO2. The fourth-order valence-corrected chi connectivity index (χ4v) is 0.898. The molecule has 0 aliphatic carbocycles. The molecule has 3 nitrogen and oxygen atoms in total. The second-order valence-corrected chi connectivity index (χ2v) is 3.36. The summed E-state index contributed by atoms with van der Waals surface area (Å²) in [5.74, 6) is 0.180. The van der Waals surface area contributed by atoms with E-state index in [9.17, 15) is 4.79 Å². The second-order valence-electron chi connectivity index (χ2n) is 3.36. The number of carbonyl (C=O) groups excluding carboxylic acids is 1. The average Bonchev–Trinajstić information content (AvgIpc) is 2.10. The first-order chi connectivity index (χ1) is 6.18. The summed E-state index contributed by atoms with van der Waals surface area (Å²) in [6.45, 7) is 3.67. The topological polar surface area (TPSA) is 29.5 Å². The number of carbonyl (C=O) groups is 1. The van der Waals surface area contributed by atoms with E-state index < -0.39 is 0 Å². The van der Waals surface area contributed by atoms with Crippen molar-refractivity contribution in [2.24, 2.45) is 0 Å². The number of nitrogens with zero attached hydrogens (tertiary/aromatic N) is 1. The van der Waals surface area contributed by atoms with Crippen molar-refractivity contribution in [1.82, 2.24) is 4.90 Å². The van der Waals surface area contributed by atoms with Crippen LogP contribution in [0.25, 0.3) is 0 Å². The minimum Gasteiger partial charge on any atom is -0.381 e. The molecule has 0 aromatic carbocycles. The van der Waals surface area contributed by atoms with Crippen molar-refractivity contribution >= 4 is 5.91 Å². The maximum Gasteiger partial charge on any atom is 0.222 e. The van der Waals surface area contributed by atoms with Crippen LogP contribution in [0.1, 0.15) is 32.6 Å². The van der Waals surface area contributed by atoms with Crippen LogP contribution in [0.15, 0.2) is 0 Å². The van der Waals surface area contributed by atoms with Crippen LogP contribution in [0.4, 0.5) is 0 Å². The summed E-state index contributed by atoms with van der Waals surface area (Å²) < 4.78 is 5.33. The highest BCUT2D eigenvalue weighted by Gasteiger charge is 2.02. The van der Waals surface area contributed by atoms with E-state index >= 15 is 0 Å². The van der Waals surface area contributed by atoms with E-state index in [1.807, 2.05) is 0 Å². The lowest BCUT2D eigenvalue weighted by Crippen LogP contribution is -2.21. The first-order valence-corrected chi connectivity index (χ1v) is 4.96. The molecule has 0 fully saturated rings. The van der Waals surface area contributed by atoms with E-state index in [4.69, 9.17) is 4.74 Å². The smallest absolute Gasteiger partial charge is 0.222 e. The summed E-state index contributed by atoms with van der Waals surface area (Å²) in [5.41, 5.74) is 0. The van der Waals surface area contributed by atoms with Gasteiger partial charge in [0, 0.05) is 33.7 Å². The molecular weight excluding hydrogens is 166 g/mol. The Morgan fingerprint density at radius 3 is 2.38 bits per heavy atom. The van der Waals surface area contributed by atoms with E-state index in [2.05, 4.69) is 6.92 Å². The van der Waals surface area contributed by atoms with Gasteiger partial charge in [0.25, 0.3) is 0 Å². The Bertz CT molecular complexity index is 135. The lowest BCUT2D eigenvalue weighted by Gasteiger charge is -2.09. The van der Waals surface area contributed by atoms with Crippen LogP contribution in [0.5, 0.6) is 0 Å². The van der Waals surface area contributed by atoms with Gasteiger partial charge in [0.05, 0.1) is 0 Å². The van der Waals surface area contributed by atoms with Crippen molar-refractivity contribution in [2.45, 2.75) is 32.6 Å². The lowest BCUT2D eigenvalue weighted by molar-refractivity contribution is -0.129. The molecule has 78 valence electrons. The van der Waals surface area contributed by atoms with Crippen LogP contribution in [0, 0.1) is 0 Å². The van der Waals surface area contributed by atoms with Crippen LogP contribution < -0.4 is 0 Å². The summed E-state index contributed by atoms with van der Waals surface area (Å²) in [7, 11) is 3.56. The Morgan fingerprint density at radius 2 is 1.85 bits per heavy atom. The molecule has 0 bridgehead atoms. The molecule has 0 unspecified atom stereocenters. The van der Waals surface area contributed by atoms with E-state index in [0.29, 0.717) is 13.0 Å². The van der Waals surface area contributed by atoms with Crippen LogP contribution in [-0.4, -0.2) is 38.1 Å². The van der Waals surface area contributed by atoms with Crippen LogP contribution in [0.2, 0.25) is 0 Å². The molecule has 1 amide bonds. The molecule has 0 saturated carbocycles. The largest absolute Gasteiger partial charge is 0.381 e. The minimum absolute atomic E-state index is 0.180. The Hall–Kier alpha value is -0.570. The number of ether oxygens (including phenoxy) is 1. The fraction of sp³-hybridized carbons (Fsp3) is 0.900. The molecule has 0 rings (SSSR count). The fourth-order valence-electron chi connectivity index (χ4n) is 0.898. The Balaban J connectivity index is 3.12. The Labute approximate surface area is 81.1 Å². The Kier molecular flexibility index (Phi) is 7.69. The number of unbranched alkanes of at least 4 members (excludes halogenated alkanes) is 1. The molecule has 0 N–H and O–H groups in total. The third-order valence-corrected chi connectivity index (χ3v) is 1.82. The van der Waals surface area contributed by atoms with Gasteiger partial charge in [-0.25, -0.2) is 0 Å². The highest BCUT2D eigenvalue weighted by Crippen LogP contribution is 1.95. The van der Waals surface area contributed by atoms with Gasteiger partial charge in [-0.05, 0) is 12.8 Å². The average molecular weight is 187 g/mol. The summed E-state index contributed by atoms with van der Waals surface area (Å²) >= 11 is 0. The van der Waals surface area contributed by atoms with Gasteiger partial charge in [-0.15, -0.1) is 0 Å². The molecule has 0 saturated heterocycles. The number of hydrogen-bond donors (Lipinski definition) is 0. The molecule has 3 heteroatoms. The molecule has 0 atom stereocenters. The summed E-state index contributed by atoms with van der Waals surface area (Å²) in [5, 5.41) is 0. The number of amides is 1. The predicted octanol–water partition coefficient (Wildman–Crippen LogP) is 1.67. The molecule has 0 heterocycles. The molecule has 0 aliphatic heterocycles. The molecule has 13 heavy (non-hydrogen) atoms. The molecule has 0 aromatic heterocycles. The van der Waals surface area contributed by atoms with Crippen molar-refractivity contribution in [2.75, 3.05) is 27.3 Å². The zero-order chi connectivity index (χ0) is 10.1. The van der Waals surface area contributed by atoms with Crippen LogP contribution in [0.3, 0.4) is 0 Å². The van der Waals surface area contributed by atoms with Gasteiger partial charge < -0.3 is 9.64 Å². The molecule has 0 aromatic rings. The first-order valence-electron chi connectivity index (χ1n) is 4.96. The summed E-state index contributed by atoms with van der Waals surface area (Å²) in [6.07, 6.45) is 3.71. The van der Waals surface area contributed by atoms with Gasteiger partial charge in [0.2, 0.25) is 5.91 Å². The van der Waals surface area contributed by atoms with E-state index in [0.717, 1.165) is 25.9 Å². The first kappa shape index (κ1) is 12.4. The third kappa shape index (κ3) is 7.78. The molecule has 0 spiro atoms. The van der Waals surface area contributed by atoms with Crippen molar-refractivity contribution in [1.29, 1.82) is 0 Å². The standard InChI is InChI=1S/C10H21NO2/c1-4-5-8-13-9-6-7-10(12)11(2)3/h4-9H2,1-3H3. The highest BCUT2D eigenvalue weighted by molar-refractivity contribution is 5.75. The maximum absolute atomic E-state index is 11.1. The quantitative estimate of drug-likeness (QED) is 0.567.